The molecule has 0 amide bonds. The predicted molar refractivity (Wildman–Crippen MR) is 117 cm³/mol. The first-order chi connectivity index (χ1) is 14.7. The van der Waals surface area contributed by atoms with E-state index in [4.69, 9.17) is 4.74 Å². The number of nitrogens with zero attached hydrogens (tertiary/aromatic N) is 4. The van der Waals surface area contributed by atoms with Crippen molar-refractivity contribution in [1.29, 1.82) is 0 Å². The number of anilines is 1. The van der Waals surface area contributed by atoms with E-state index in [0.29, 0.717) is 43.4 Å². The number of rotatable bonds is 5. The number of benzene rings is 1. The van der Waals surface area contributed by atoms with Crippen LogP contribution in [0.4, 0.5) is 5.95 Å². The zero-order valence-electron chi connectivity index (χ0n) is 17.5. The summed E-state index contributed by atoms with van der Waals surface area (Å²) in [5.74, 6) is 0.717. The van der Waals surface area contributed by atoms with Crippen molar-refractivity contribution in [3.05, 3.63) is 42.2 Å². The molecule has 9 nitrogen and oxygen atoms in total. The lowest BCUT2D eigenvalue weighted by atomic mass is 10.2. The molecule has 1 aromatic heterocycles. The molecular formula is C20H26N4O5S2. The van der Waals surface area contributed by atoms with E-state index in [1.54, 1.807) is 37.5 Å². The van der Waals surface area contributed by atoms with Gasteiger partial charge in [0.1, 0.15) is 5.75 Å². The van der Waals surface area contributed by atoms with Crippen LogP contribution in [-0.2, 0) is 19.7 Å². The number of hydrogen-bond donors (Lipinski definition) is 0. The van der Waals surface area contributed by atoms with E-state index in [1.165, 1.54) is 13.2 Å². The minimum Gasteiger partial charge on any atom is -0.496 e. The predicted octanol–water partition coefficient (Wildman–Crippen LogP) is 0.555. The van der Waals surface area contributed by atoms with Crippen molar-refractivity contribution < 1.29 is 21.6 Å². The van der Waals surface area contributed by atoms with Gasteiger partial charge in [-0.05, 0) is 36.8 Å². The van der Waals surface area contributed by atoms with Crippen molar-refractivity contribution in [3.8, 4) is 5.75 Å². The largest absolute Gasteiger partial charge is 0.496 e. The van der Waals surface area contributed by atoms with Gasteiger partial charge < -0.3 is 9.64 Å². The van der Waals surface area contributed by atoms with Gasteiger partial charge in [-0.1, -0.05) is 0 Å². The van der Waals surface area contributed by atoms with Gasteiger partial charge in [0.15, 0.2) is 19.7 Å². The highest BCUT2D eigenvalue weighted by Crippen LogP contribution is 2.31. The Morgan fingerprint density at radius 1 is 1.06 bits per heavy atom. The summed E-state index contributed by atoms with van der Waals surface area (Å²) < 4.78 is 57.1. The van der Waals surface area contributed by atoms with Crippen LogP contribution in [0.2, 0.25) is 0 Å². The molecule has 0 unspecified atom stereocenters. The standard InChI is InChI=1S/C20H26N4O5S2/c1-15-12-16(4-5-18(15)29-2)31(27,28)19-14-30(25,26)13-17(19)23-8-10-24(11-9-23)20-21-6-3-7-22-20/h3-7,12,17,19H,8-11,13-14H2,1-2H3/t17-,19-/m0/s1. The highest BCUT2D eigenvalue weighted by atomic mass is 32.2. The first kappa shape index (κ1) is 22.0. The fourth-order valence-electron chi connectivity index (χ4n) is 4.34. The third-order valence-corrected chi connectivity index (χ3v) is 10.1. The second-order valence-corrected chi connectivity index (χ2v) is 12.3. The topological polar surface area (TPSA) is 110 Å². The highest BCUT2D eigenvalue weighted by molar-refractivity contribution is 7.96. The van der Waals surface area contributed by atoms with E-state index in [1.807, 2.05) is 9.80 Å². The van der Waals surface area contributed by atoms with Gasteiger partial charge in [-0.3, -0.25) is 4.90 Å². The van der Waals surface area contributed by atoms with Gasteiger partial charge in [0.05, 0.1) is 28.8 Å². The van der Waals surface area contributed by atoms with Gasteiger partial charge in [0, 0.05) is 44.6 Å². The molecule has 0 saturated carbocycles. The van der Waals surface area contributed by atoms with Crippen LogP contribution >= 0.6 is 0 Å². The molecule has 1 aromatic carbocycles. The van der Waals surface area contributed by atoms with Crippen LogP contribution in [0, 0.1) is 6.92 Å². The zero-order chi connectivity index (χ0) is 22.2. The molecule has 2 aliphatic heterocycles. The van der Waals surface area contributed by atoms with E-state index < -0.39 is 31.0 Å². The molecule has 2 aliphatic rings. The second-order valence-electron chi connectivity index (χ2n) is 7.93. The average Bonchev–Trinajstić information content (AvgIpc) is 3.10. The number of aryl methyl sites for hydroxylation is 1. The van der Waals surface area contributed by atoms with Crippen LogP contribution in [0.3, 0.4) is 0 Å². The Morgan fingerprint density at radius 2 is 1.74 bits per heavy atom. The molecule has 2 atom stereocenters. The normalized spacial score (nSPS) is 24.3. The van der Waals surface area contributed by atoms with Crippen LogP contribution in [0.15, 0.2) is 41.6 Å². The number of aromatic nitrogens is 2. The molecule has 0 spiro atoms. The summed E-state index contributed by atoms with van der Waals surface area (Å²) in [5, 5.41) is -0.996. The maximum Gasteiger partial charge on any atom is 0.225 e. The molecule has 31 heavy (non-hydrogen) atoms. The number of piperazine rings is 1. The van der Waals surface area contributed by atoms with Crippen molar-refractivity contribution >= 4 is 25.6 Å². The summed E-state index contributed by atoms with van der Waals surface area (Å²) in [6, 6.07) is 5.84. The Hall–Kier alpha value is -2.24. The Morgan fingerprint density at radius 3 is 2.35 bits per heavy atom. The summed E-state index contributed by atoms with van der Waals surface area (Å²) in [7, 11) is -5.77. The van der Waals surface area contributed by atoms with E-state index >= 15 is 0 Å². The molecule has 0 bridgehead atoms. The summed E-state index contributed by atoms with van der Waals surface area (Å²) in [5.41, 5.74) is 0.692. The van der Waals surface area contributed by atoms with Crippen LogP contribution < -0.4 is 9.64 Å². The lowest BCUT2D eigenvalue weighted by Gasteiger charge is -2.39. The van der Waals surface area contributed by atoms with Gasteiger partial charge in [0.25, 0.3) is 0 Å². The minimum atomic E-state index is -3.84. The molecular weight excluding hydrogens is 440 g/mol. The van der Waals surface area contributed by atoms with Crippen molar-refractivity contribution in [3.63, 3.8) is 0 Å². The number of methoxy groups -OCH3 is 1. The molecule has 11 heteroatoms. The lowest BCUT2D eigenvalue weighted by Crippen LogP contribution is -2.55. The van der Waals surface area contributed by atoms with Crippen molar-refractivity contribution in [2.75, 3.05) is 49.7 Å². The molecule has 0 aliphatic carbocycles. The van der Waals surface area contributed by atoms with Crippen LogP contribution in [0.5, 0.6) is 5.75 Å². The quantitative estimate of drug-likeness (QED) is 0.624. The summed E-state index contributed by atoms with van der Waals surface area (Å²) >= 11 is 0. The molecule has 0 radical (unpaired) electrons. The summed E-state index contributed by atoms with van der Waals surface area (Å²) in [6.07, 6.45) is 3.36. The number of sulfone groups is 2. The fraction of sp³-hybridized carbons (Fsp3) is 0.500. The first-order valence-corrected chi connectivity index (χ1v) is 13.4. The van der Waals surface area contributed by atoms with E-state index in [9.17, 15) is 16.8 Å². The van der Waals surface area contributed by atoms with Crippen molar-refractivity contribution in [1.82, 2.24) is 14.9 Å². The van der Waals surface area contributed by atoms with Crippen LogP contribution in [0.1, 0.15) is 5.56 Å². The summed E-state index contributed by atoms with van der Waals surface area (Å²) in [6.45, 7) is 4.08. The Balaban J connectivity index is 1.57. The third kappa shape index (κ3) is 4.39. The van der Waals surface area contributed by atoms with Gasteiger partial charge >= 0.3 is 0 Å². The molecule has 2 aromatic rings. The minimum absolute atomic E-state index is 0.134. The molecule has 2 fully saturated rings. The van der Waals surface area contributed by atoms with Gasteiger partial charge in [-0.2, -0.15) is 0 Å². The Labute approximate surface area is 182 Å². The van der Waals surface area contributed by atoms with Crippen molar-refractivity contribution in [2.24, 2.45) is 0 Å². The number of ether oxygens (including phenoxy) is 1. The molecule has 0 N–H and O–H groups in total. The summed E-state index contributed by atoms with van der Waals surface area (Å²) in [4.78, 5) is 12.7. The van der Waals surface area contributed by atoms with Gasteiger partial charge in [0.2, 0.25) is 5.95 Å². The van der Waals surface area contributed by atoms with Crippen molar-refractivity contribution in [2.45, 2.75) is 23.1 Å². The lowest BCUT2D eigenvalue weighted by molar-refractivity contribution is 0.201. The van der Waals surface area contributed by atoms with Gasteiger partial charge in [-0.25, -0.2) is 26.8 Å². The van der Waals surface area contributed by atoms with E-state index in [2.05, 4.69) is 9.97 Å². The average molecular weight is 467 g/mol. The first-order valence-electron chi connectivity index (χ1n) is 10.1. The van der Waals surface area contributed by atoms with Gasteiger partial charge in [-0.15, -0.1) is 0 Å². The van der Waals surface area contributed by atoms with E-state index in [-0.39, 0.29) is 16.4 Å². The molecule has 168 valence electrons. The second kappa shape index (κ2) is 8.36. The Kier molecular flexibility index (Phi) is 5.93. The van der Waals surface area contributed by atoms with Crippen LogP contribution in [0.25, 0.3) is 0 Å². The van der Waals surface area contributed by atoms with E-state index in [0.717, 1.165) is 0 Å². The number of hydrogen-bond acceptors (Lipinski definition) is 9. The highest BCUT2D eigenvalue weighted by Gasteiger charge is 2.48. The fourth-order valence-corrected chi connectivity index (χ4v) is 9.26. The van der Waals surface area contributed by atoms with Crippen LogP contribution in [-0.4, -0.2) is 87.8 Å². The smallest absolute Gasteiger partial charge is 0.225 e. The SMILES string of the molecule is COc1ccc(S(=O)(=O)[C@H]2CS(=O)(=O)C[C@@H]2N2CCN(c3ncccn3)CC2)cc1C. The Bertz CT molecular complexity index is 1150. The maximum atomic E-state index is 13.5. The third-order valence-electron chi connectivity index (χ3n) is 5.98. The maximum absolute atomic E-state index is 13.5. The molecule has 4 rings (SSSR count). The molecule has 3 heterocycles. The zero-order valence-corrected chi connectivity index (χ0v) is 19.1. The monoisotopic (exact) mass is 466 g/mol. The molecule has 2 saturated heterocycles.